The maximum absolute atomic E-state index is 12.8. The number of piperazine rings is 1. The minimum Gasteiger partial charge on any atom is -0.335 e. The Morgan fingerprint density at radius 1 is 1.35 bits per heavy atom. The van der Waals surface area contributed by atoms with Crippen LogP contribution in [0.3, 0.4) is 0 Å². The van der Waals surface area contributed by atoms with Crippen molar-refractivity contribution in [1.29, 1.82) is 0 Å². The fourth-order valence-corrected chi connectivity index (χ4v) is 3.28. The lowest BCUT2D eigenvalue weighted by molar-refractivity contribution is 0.0435. The van der Waals surface area contributed by atoms with Crippen molar-refractivity contribution in [3.8, 4) is 0 Å². The molecule has 1 amide bonds. The molecule has 1 unspecified atom stereocenters. The lowest BCUT2D eigenvalue weighted by Crippen LogP contribution is -2.51. The van der Waals surface area contributed by atoms with Crippen molar-refractivity contribution in [2.75, 3.05) is 19.6 Å². The molecule has 8 nitrogen and oxygen atoms in total. The van der Waals surface area contributed by atoms with Gasteiger partial charge in [0.1, 0.15) is 0 Å². The summed E-state index contributed by atoms with van der Waals surface area (Å²) in [6, 6.07) is 2.20. The fraction of sp³-hybridized carbons (Fsp3) is 0.500. The number of nitrogens with one attached hydrogen (secondary N) is 1. The highest BCUT2D eigenvalue weighted by molar-refractivity contribution is 6.33. The smallest absolute Gasteiger partial charge is 0.255 e. The van der Waals surface area contributed by atoms with E-state index in [0.717, 1.165) is 6.54 Å². The molecule has 2 aromatic heterocycles. The summed E-state index contributed by atoms with van der Waals surface area (Å²) >= 11 is 6.10. The first-order valence-electron chi connectivity index (χ1n) is 7.62. The van der Waals surface area contributed by atoms with Gasteiger partial charge in [-0.2, -0.15) is 5.21 Å². The molecule has 0 aromatic carbocycles. The summed E-state index contributed by atoms with van der Waals surface area (Å²) in [5, 5.41) is 14.8. The van der Waals surface area contributed by atoms with Gasteiger partial charge in [0.25, 0.3) is 5.91 Å². The van der Waals surface area contributed by atoms with Crippen LogP contribution in [0, 0.1) is 0 Å². The zero-order chi connectivity index (χ0) is 15.8. The number of nitrogens with zero attached hydrogens (tertiary/aromatic N) is 6. The van der Waals surface area contributed by atoms with Crippen molar-refractivity contribution in [3.05, 3.63) is 34.9 Å². The molecular weight excluding hydrogens is 318 g/mol. The third-order valence-corrected chi connectivity index (χ3v) is 4.69. The summed E-state index contributed by atoms with van der Waals surface area (Å²) in [4.78, 5) is 20.9. The highest BCUT2D eigenvalue weighted by Crippen LogP contribution is 2.35. The first-order valence-corrected chi connectivity index (χ1v) is 7.99. The van der Waals surface area contributed by atoms with Gasteiger partial charge in [0.2, 0.25) is 0 Å². The van der Waals surface area contributed by atoms with Gasteiger partial charge in [-0.3, -0.25) is 14.7 Å². The number of halogens is 1. The summed E-state index contributed by atoms with van der Waals surface area (Å²) in [6.07, 6.45) is 5.46. The Labute approximate surface area is 137 Å². The predicted octanol–water partition coefficient (Wildman–Crippen LogP) is 0.910. The Balaban J connectivity index is 1.57. The van der Waals surface area contributed by atoms with E-state index in [9.17, 15) is 4.79 Å². The molecule has 1 saturated heterocycles. The predicted molar refractivity (Wildman–Crippen MR) is 81.8 cm³/mol. The van der Waals surface area contributed by atoms with E-state index in [2.05, 4.69) is 30.5 Å². The van der Waals surface area contributed by atoms with Crippen molar-refractivity contribution < 1.29 is 4.79 Å². The zero-order valence-electron chi connectivity index (χ0n) is 12.4. The van der Waals surface area contributed by atoms with Crippen molar-refractivity contribution in [2.45, 2.75) is 24.9 Å². The average molecular weight is 334 g/mol. The van der Waals surface area contributed by atoms with E-state index in [4.69, 9.17) is 11.6 Å². The molecule has 4 rings (SSSR count). The molecule has 0 radical (unpaired) electrons. The Bertz CT molecular complexity index is 703. The van der Waals surface area contributed by atoms with Gasteiger partial charge >= 0.3 is 0 Å². The van der Waals surface area contributed by atoms with Crippen LogP contribution < -0.4 is 0 Å². The molecule has 23 heavy (non-hydrogen) atoms. The van der Waals surface area contributed by atoms with Crippen molar-refractivity contribution in [3.63, 3.8) is 0 Å². The summed E-state index contributed by atoms with van der Waals surface area (Å²) < 4.78 is 0. The number of aromatic amines is 1. The number of hydrogen-bond donors (Lipinski definition) is 1. The fourth-order valence-electron chi connectivity index (χ4n) is 3.08. The highest BCUT2D eigenvalue weighted by Gasteiger charge is 2.41. The molecule has 9 heteroatoms. The number of rotatable bonds is 3. The van der Waals surface area contributed by atoms with Crippen LogP contribution in [0.1, 0.15) is 35.1 Å². The first-order chi connectivity index (χ1) is 11.2. The minimum atomic E-state index is -0.0821. The molecule has 2 aromatic rings. The SMILES string of the molecule is O=C(c1ccncc1Cl)N1CCN(C2CC2)C(c2nn[nH]n2)C1. The van der Waals surface area contributed by atoms with Crippen LogP contribution in [0.2, 0.25) is 5.02 Å². The Hall–Kier alpha value is -2.06. The molecule has 3 heterocycles. The zero-order valence-corrected chi connectivity index (χ0v) is 13.1. The number of tetrazole rings is 1. The molecule has 1 aliphatic heterocycles. The Morgan fingerprint density at radius 2 is 2.22 bits per heavy atom. The van der Waals surface area contributed by atoms with Gasteiger partial charge in [0, 0.05) is 38.1 Å². The van der Waals surface area contributed by atoms with Crippen LogP contribution in [-0.4, -0.2) is 67.0 Å². The van der Waals surface area contributed by atoms with E-state index in [-0.39, 0.29) is 11.9 Å². The Kier molecular flexibility index (Phi) is 3.70. The maximum atomic E-state index is 12.8. The van der Waals surface area contributed by atoms with Crippen LogP contribution in [-0.2, 0) is 0 Å². The van der Waals surface area contributed by atoms with E-state index in [0.29, 0.717) is 35.5 Å². The number of aromatic nitrogens is 5. The first kappa shape index (κ1) is 14.5. The van der Waals surface area contributed by atoms with Crippen LogP contribution >= 0.6 is 11.6 Å². The van der Waals surface area contributed by atoms with Gasteiger partial charge in [-0.05, 0) is 18.9 Å². The van der Waals surface area contributed by atoms with Gasteiger partial charge in [0.15, 0.2) is 5.82 Å². The van der Waals surface area contributed by atoms with Crippen LogP contribution in [0.25, 0.3) is 0 Å². The number of hydrogen-bond acceptors (Lipinski definition) is 6. The van der Waals surface area contributed by atoms with Gasteiger partial charge in [0.05, 0.1) is 16.6 Å². The number of carbonyl (C=O) groups excluding carboxylic acids is 1. The van der Waals surface area contributed by atoms with E-state index < -0.39 is 0 Å². The molecule has 1 saturated carbocycles. The van der Waals surface area contributed by atoms with Crippen molar-refractivity contribution >= 4 is 17.5 Å². The average Bonchev–Trinajstić information content (AvgIpc) is 3.28. The normalized spacial score (nSPS) is 22.3. The largest absolute Gasteiger partial charge is 0.335 e. The van der Waals surface area contributed by atoms with Crippen molar-refractivity contribution in [1.82, 2.24) is 35.4 Å². The lowest BCUT2D eigenvalue weighted by atomic mass is 10.1. The topological polar surface area (TPSA) is 90.9 Å². The van der Waals surface area contributed by atoms with E-state index in [1.165, 1.54) is 19.0 Å². The molecule has 2 aliphatic rings. The molecule has 1 N–H and O–H groups in total. The summed E-state index contributed by atoms with van der Waals surface area (Å²) in [7, 11) is 0. The molecule has 0 bridgehead atoms. The number of amides is 1. The lowest BCUT2D eigenvalue weighted by Gasteiger charge is -2.40. The molecule has 0 spiro atoms. The second-order valence-corrected chi connectivity index (χ2v) is 6.27. The van der Waals surface area contributed by atoms with Gasteiger partial charge in [-0.15, -0.1) is 10.2 Å². The van der Waals surface area contributed by atoms with Crippen LogP contribution in [0.5, 0.6) is 0 Å². The van der Waals surface area contributed by atoms with Crippen molar-refractivity contribution in [2.24, 2.45) is 0 Å². The van der Waals surface area contributed by atoms with Crippen LogP contribution in [0.15, 0.2) is 18.5 Å². The second-order valence-electron chi connectivity index (χ2n) is 5.86. The quantitative estimate of drug-likeness (QED) is 0.897. The molecule has 1 atom stereocenters. The van der Waals surface area contributed by atoms with Gasteiger partial charge < -0.3 is 4.90 Å². The standard InChI is InChI=1S/C14H16ClN7O/c15-11-7-16-4-3-10(11)14(23)21-5-6-22(9-1-2-9)12(8-21)13-17-19-20-18-13/h3-4,7,9,12H,1-2,5-6,8H2,(H,17,18,19,20). The van der Waals surface area contributed by atoms with E-state index >= 15 is 0 Å². The number of pyridine rings is 1. The van der Waals surface area contributed by atoms with Gasteiger partial charge in [-0.1, -0.05) is 16.8 Å². The molecule has 2 fully saturated rings. The summed E-state index contributed by atoms with van der Waals surface area (Å²) in [5.74, 6) is 0.552. The third-order valence-electron chi connectivity index (χ3n) is 4.39. The maximum Gasteiger partial charge on any atom is 0.255 e. The molecular formula is C14H16ClN7O. The highest BCUT2D eigenvalue weighted by atomic mass is 35.5. The van der Waals surface area contributed by atoms with Gasteiger partial charge in [-0.25, -0.2) is 0 Å². The number of carbonyl (C=O) groups is 1. The number of H-pyrrole nitrogens is 1. The Morgan fingerprint density at radius 3 is 2.91 bits per heavy atom. The molecule has 1 aliphatic carbocycles. The third kappa shape index (κ3) is 2.79. The van der Waals surface area contributed by atoms with Crippen LogP contribution in [0.4, 0.5) is 0 Å². The molecule has 120 valence electrons. The monoisotopic (exact) mass is 333 g/mol. The minimum absolute atomic E-state index is 0.0282. The van der Waals surface area contributed by atoms with E-state index in [1.807, 2.05) is 0 Å². The summed E-state index contributed by atoms with van der Waals surface area (Å²) in [6.45, 7) is 2.01. The van der Waals surface area contributed by atoms with E-state index in [1.54, 1.807) is 17.2 Å². The summed E-state index contributed by atoms with van der Waals surface area (Å²) in [5.41, 5.74) is 0.480. The second kappa shape index (κ2) is 5.86.